The summed E-state index contributed by atoms with van der Waals surface area (Å²) in [6.07, 6.45) is 1.71. The molecule has 0 atom stereocenters. The van der Waals surface area contributed by atoms with Gasteiger partial charge in [-0.15, -0.1) is 0 Å². The van der Waals surface area contributed by atoms with Gasteiger partial charge in [0.2, 0.25) is 0 Å². The lowest BCUT2D eigenvalue weighted by atomic mass is 10.2. The van der Waals surface area contributed by atoms with Gasteiger partial charge in [0.15, 0.2) is 6.61 Å². The van der Waals surface area contributed by atoms with Crippen molar-refractivity contribution in [3.05, 3.63) is 50.9 Å². The lowest BCUT2D eigenvalue weighted by Gasteiger charge is -2.09. The number of rotatable bonds is 6. The molecule has 5 nitrogen and oxygen atoms in total. The molecule has 0 saturated heterocycles. The molecule has 0 heterocycles. The summed E-state index contributed by atoms with van der Waals surface area (Å²) < 4.78 is 11.6. The molecule has 0 aliphatic heterocycles. The first-order chi connectivity index (χ1) is 11.0. The normalized spacial score (nSPS) is 10.7. The fourth-order valence-corrected chi connectivity index (χ4v) is 3.19. The van der Waals surface area contributed by atoms with E-state index < -0.39 is 12.6 Å². The summed E-state index contributed by atoms with van der Waals surface area (Å²) in [5.41, 5.74) is 1.63. The highest BCUT2D eigenvalue weighted by Crippen LogP contribution is 2.34. The zero-order chi connectivity index (χ0) is 16.8. The summed E-state index contributed by atoms with van der Waals surface area (Å²) in [5.74, 6) is 0.178. The fourth-order valence-electron chi connectivity index (χ4n) is 1.74. The van der Waals surface area contributed by atoms with Crippen molar-refractivity contribution >= 4 is 49.7 Å². The van der Waals surface area contributed by atoms with E-state index in [2.05, 4.69) is 36.9 Å². The molecule has 0 aromatic heterocycles. The van der Waals surface area contributed by atoms with Crippen molar-refractivity contribution in [1.82, 2.24) is 0 Å². The van der Waals surface area contributed by atoms with Gasteiger partial charge in [0.05, 0.1) is 21.7 Å². The minimum atomic E-state index is -1.03. The molecule has 120 valence electrons. The second-order valence-electron chi connectivity index (χ2n) is 4.45. The Balaban J connectivity index is 2.16. The van der Waals surface area contributed by atoms with Crippen molar-refractivity contribution in [2.45, 2.75) is 0 Å². The average Bonchev–Trinajstić information content (AvgIpc) is 2.52. The van der Waals surface area contributed by atoms with Gasteiger partial charge in [-0.1, -0.05) is 0 Å². The molecule has 0 saturated carbocycles. The zero-order valence-electron chi connectivity index (χ0n) is 12.1. The minimum absolute atomic E-state index is 0.406. The van der Waals surface area contributed by atoms with Gasteiger partial charge < -0.3 is 14.6 Å². The van der Waals surface area contributed by atoms with E-state index in [-0.39, 0.29) is 0 Å². The van der Waals surface area contributed by atoms with Gasteiger partial charge >= 0.3 is 5.97 Å². The maximum absolute atomic E-state index is 10.6. The van der Waals surface area contributed by atoms with E-state index in [9.17, 15) is 4.79 Å². The number of carboxylic acid groups (broad SMARTS) is 1. The Bertz CT molecular complexity index is 706. The number of hydrogen-bond acceptors (Lipinski definition) is 4. The molecule has 2 aromatic carbocycles. The summed E-state index contributed by atoms with van der Waals surface area (Å²) >= 11 is 6.73. The van der Waals surface area contributed by atoms with E-state index in [1.807, 2.05) is 24.3 Å². The number of hydrogen-bond donors (Lipinski definition) is 1. The summed E-state index contributed by atoms with van der Waals surface area (Å²) in [6.45, 7) is -0.406. The molecule has 0 bridgehead atoms. The molecule has 0 aliphatic carbocycles. The van der Waals surface area contributed by atoms with E-state index in [1.54, 1.807) is 25.5 Å². The molecule has 0 radical (unpaired) electrons. The van der Waals surface area contributed by atoms with Crippen molar-refractivity contribution < 1.29 is 19.4 Å². The molecule has 23 heavy (non-hydrogen) atoms. The highest BCUT2D eigenvalue weighted by atomic mass is 79.9. The Hall–Kier alpha value is -1.86. The van der Waals surface area contributed by atoms with Crippen LogP contribution in [0.25, 0.3) is 0 Å². The number of ether oxygens (including phenoxy) is 2. The number of benzene rings is 2. The Morgan fingerprint density at radius 1 is 1.22 bits per heavy atom. The molecule has 7 heteroatoms. The Kier molecular flexibility index (Phi) is 6.18. The number of carboxylic acids is 1. The third kappa shape index (κ3) is 5.07. The third-order valence-corrected chi connectivity index (χ3v) is 3.97. The summed E-state index contributed by atoms with van der Waals surface area (Å²) in [5, 5.41) is 8.67. The first-order valence-corrected chi connectivity index (χ1v) is 8.10. The number of methoxy groups -OCH3 is 1. The number of nitrogens with zero attached hydrogens (tertiary/aromatic N) is 1. The van der Waals surface area contributed by atoms with Crippen LogP contribution in [0.4, 0.5) is 5.69 Å². The molecule has 0 fully saturated rings. The molecule has 0 amide bonds. The Morgan fingerprint density at radius 3 is 2.35 bits per heavy atom. The maximum atomic E-state index is 10.6. The zero-order valence-corrected chi connectivity index (χ0v) is 15.3. The maximum Gasteiger partial charge on any atom is 0.341 e. The van der Waals surface area contributed by atoms with Crippen LogP contribution in [0.1, 0.15) is 5.56 Å². The predicted octanol–water partition coefficient (Wildman–Crippen LogP) is 4.43. The molecule has 0 unspecified atom stereocenters. The summed E-state index contributed by atoms with van der Waals surface area (Å²) in [7, 11) is 1.61. The van der Waals surface area contributed by atoms with Crippen LogP contribution >= 0.6 is 31.9 Å². The molecule has 1 N–H and O–H groups in total. The molecular formula is C16H13Br2NO4. The lowest BCUT2D eigenvalue weighted by molar-refractivity contribution is -0.139. The first kappa shape index (κ1) is 17.5. The quantitative estimate of drug-likeness (QED) is 0.671. The standard InChI is InChI=1S/C16H13Br2NO4/c1-22-12-4-2-11(3-5-12)19-8-10-6-13(17)16(14(18)7-10)23-9-15(20)21/h2-8H,9H2,1H3,(H,20,21). The molecule has 0 aliphatic rings. The lowest BCUT2D eigenvalue weighted by Crippen LogP contribution is -2.10. The van der Waals surface area contributed by atoms with Crippen LogP contribution in [0.3, 0.4) is 0 Å². The molecule has 2 aromatic rings. The van der Waals surface area contributed by atoms with Gasteiger partial charge in [0.25, 0.3) is 0 Å². The number of aliphatic carboxylic acids is 1. The largest absolute Gasteiger partial charge is 0.497 e. The van der Waals surface area contributed by atoms with E-state index in [4.69, 9.17) is 14.6 Å². The highest BCUT2D eigenvalue weighted by Gasteiger charge is 2.10. The fraction of sp³-hybridized carbons (Fsp3) is 0.125. The van der Waals surface area contributed by atoms with Gasteiger partial charge in [-0.2, -0.15) is 0 Å². The van der Waals surface area contributed by atoms with E-state index >= 15 is 0 Å². The smallest absolute Gasteiger partial charge is 0.341 e. The number of aliphatic imine (C=N–C) groups is 1. The molecule has 2 rings (SSSR count). The summed E-state index contributed by atoms with van der Waals surface area (Å²) in [6, 6.07) is 11.0. The van der Waals surface area contributed by atoms with Gasteiger partial charge in [-0.05, 0) is 73.8 Å². The molecule has 0 spiro atoms. The van der Waals surface area contributed by atoms with Crippen LogP contribution in [0.15, 0.2) is 50.3 Å². The van der Waals surface area contributed by atoms with E-state index in [0.29, 0.717) is 14.7 Å². The van der Waals surface area contributed by atoms with Crippen molar-refractivity contribution in [3.8, 4) is 11.5 Å². The highest BCUT2D eigenvalue weighted by molar-refractivity contribution is 9.11. The van der Waals surface area contributed by atoms with Crippen LogP contribution in [0.5, 0.6) is 11.5 Å². The Labute approximate surface area is 150 Å². The van der Waals surface area contributed by atoms with Crippen molar-refractivity contribution in [1.29, 1.82) is 0 Å². The SMILES string of the molecule is COc1ccc(N=Cc2cc(Br)c(OCC(=O)O)c(Br)c2)cc1. The first-order valence-electron chi connectivity index (χ1n) is 6.51. The van der Waals surface area contributed by atoms with Crippen LogP contribution in [0, 0.1) is 0 Å². The minimum Gasteiger partial charge on any atom is -0.497 e. The van der Waals surface area contributed by atoms with Gasteiger partial charge in [0.1, 0.15) is 11.5 Å². The summed E-state index contributed by atoms with van der Waals surface area (Å²) in [4.78, 5) is 15.0. The van der Waals surface area contributed by atoms with Crippen LogP contribution in [0.2, 0.25) is 0 Å². The molecular weight excluding hydrogens is 430 g/mol. The van der Waals surface area contributed by atoms with Gasteiger partial charge in [-0.3, -0.25) is 4.99 Å². The third-order valence-electron chi connectivity index (χ3n) is 2.80. The van der Waals surface area contributed by atoms with Crippen molar-refractivity contribution in [3.63, 3.8) is 0 Å². The number of carbonyl (C=O) groups is 1. The van der Waals surface area contributed by atoms with Crippen LogP contribution in [-0.4, -0.2) is 31.0 Å². The van der Waals surface area contributed by atoms with Gasteiger partial charge in [-0.25, -0.2) is 4.79 Å². The van der Waals surface area contributed by atoms with Crippen LogP contribution < -0.4 is 9.47 Å². The number of halogens is 2. The van der Waals surface area contributed by atoms with Crippen LogP contribution in [-0.2, 0) is 4.79 Å². The average molecular weight is 443 g/mol. The van der Waals surface area contributed by atoms with Crippen molar-refractivity contribution in [2.75, 3.05) is 13.7 Å². The topological polar surface area (TPSA) is 68.1 Å². The predicted molar refractivity (Wildman–Crippen MR) is 95.2 cm³/mol. The van der Waals surface area contributed by atoms with E-state index in [0.717, 1.165) is 17.0 Å². The second-order valence-corrected chi connectivity index (χ2v) is 6.16. The van der Waals surface area contributed by atoms with Crippen molar-refractivity contribution in [2.24, 2.45) is 4.99 Å². The van der Waals surface area contributed by atoms with E-state index in [1.165, 1.54) is 0 Å². The van der Waals surface area contributed by atoms with Gasteiger partial charge in [0, 0.05) is 6.21 Å². The second kappa shape index (κ2) is 8.12. The monoisotopic (exact) mass is 441 g/mol. The Morgan fingerprint density at radius 2 is 1.83 bits per heavy atom.